The second-order valence-corrected chi connectivity index (χ2v) is 7.08. The molecule has 1 N–H and O–H groups in total. The van der Waals surface area contributed by atoms with E-state index in [0.29, 0.717) is 29.3 Å². The van der Waals surface area contributed by atoms with E-state index in [1.165, 1.54) is 6.07 Å². The van der Waals surface area contributed by atoms with E-state index in [4.69, 9.17) is 16.3 Å². The van der Waals surface area contributed by atoms with Crippen molar-refractivity contribution < 1.29 is 13.9 Å². The maximum atomic E-state index is 13.8. The fraction of sp³-hybridized carbons (Fsp3) is 0.381. The molecule has 4 nitrogen and oxygen atoms in total. The number of ether oxygens (including phenoxy) is 1. The number of hydrogen-bond acceptors (Lipinski definition) is 3. The number of rotatable bonds is 9. The summed E-state index contributed by atoms with van der Waals surface area (Å²) in [6.07, 6.45) is 2.55. The molecule has 2 aromatic rings. The molecule has 0 radical (unpaired) electrons. The molecule has 27 heavy (non-hydrogen) atoms. The molecule has 1 amide bonds. The molecule has 1 aliphatic heterocycles. The van der Waals surface area contributed by atoms with Crippen molar-refractivity contribution in [3.05, 3.63) is 64.4 Å². The highest BCUT2D eigenvalue weighted by atomic mass is 35.5. The second-order valence-electron chi connectivity index (χ2n) is 6.65. The molecular formula is C21H24ClFN2O2. The second kappa shape index (κ2) is 9.72. The van der Waals surface area contributed by atoms with Gasteiger partial charge in [0.25, 0.3) is 0 Å². The summed E-state index contributed by atoms with van der Waals surface area (Å²) in [5.41, 5.74) is 1.44. The van der Waals surface area contributed by atoms with Crippen LogP contribution >= 0.6 is 11.6 Å². The van der Waals surface area contributed by atoms with Gasteiger partial charge in [0.15, 0.2) is 0 Å². The minimum absolute atomic E-state index is 0.165. The van der Waals surface area contributed by atoms with Crippen LogP contribution in [0.15, 0.2) is 42.5 Å². The molecule has 3 rings (SSSR count). The lowest BCUT2D eigenvalue weighted by atomic mass is 10.2. The van der Waals surface area contributed by atoms with Gasteiger partial charge in [-0.05, 0) is 43.7 Å². The lowest BCUT2D eigenvalue weighted by molar-refractivity contribution is -0.127. The van der Waals surface area contributed by atoms with Crippen molar-refractivity contribution >= 4 is 17.5 Å². The average Bonchev–Trinajstić information content (AvgIpc) is 3.07. The Hall–Kier alpha value is -2.11. The first-order valence-electron chi connectivity index (χ1n) is 9.26. The summed E-state index contributed by atoms with van der Waals surface area (Å²) < 4.78 is 19.6. The summed E-state index contributed by atoms with van der Waals surface area (Å²) in [7, 11) is 0. The Labute approximate surface area is 164 Å². The molecule has 0 aromatic heterocycles. The zero-order valence-electron chi connectivity index (χ0n) is 15.2. The molecule has 1 fully saturated rings. The minimum atomic E-state index is -0.275. The smallest absolute Gasteiger partial charge is 0.222 e. The molecule has 0 saturated carbocycles. The van der Waals surface area contributed by atoms with E-state index in [1.54, 1.807) is 24.3 Å². The van der Waals surface area contributed by atoms with E-state index in [2.05, 4.69) is 5.32 Å². The number of carbonyl (C=O) groups is 1. The quantitative estimate of drug-likeness (QED) is 0.654. The summed E-state index contributed by atoms with van der Waals surface area (Å²) in [4.78, 5) is 13.5. The first kappa shape index (κ1) is 19.6. The van der Waals surface area contributed by atoms with Crippen LogP contribution in [0.1, 0.15) is 30.4 Å². The van der Waals surface area contributed by atoms with Gasteiger partial charge in [0.2, 0.25) is 5.91 Å². The van der Waals surface area contributed by atoms with Gasteiger partial charge in [-0.1, -0.05) is 29.8 Å². The summed E-state index contributed by atoms with van der Waals surface area (Å²) in [6.45, 7) is 3.22. The van der Waals surface area contributed by atoms with Crippen molar-refractivity contribution in [2.24, 2.45) is 0 Å². The highest BCUT2D eigenvalue weighted by molar-refractivity contribution is 6.30. The number of benzene rings is 2. The highest BCUT2D eigenvalue weighted by Crippen LogP contribution is 2.24. The van der Waals surface area contributed by atoms with Crippen molar-refractivity contribution in [3.8, 4) is 5.75 Å². The van der Waals surface area contributed by atoms with Crippen LogP contribution in [0.4, 0.5) is 4.39 Å². The predicted molar refractivity (Wildman–Crippen MR) is 104 cm³/mol. The third kappa shape index (κ3) is 5.68. The van der Waals surface area contributed by atoms with Gasteiger partial charge in [-0.25, -0.2) is 4.39 Å². The number of hydrogen-bond donors (Lipinski definition) is 1. The maximum absolute atomic E-state index is 13.8. The van der Waals surface area contributed by atoms with E-state index >= 15 is 0 Å². The van der Waals surface area contributed by atoms with Crippen molar-refractivity contribution in [1.29, 1.82) is 0 Å². The monoisotopic (exact) mass is 390 g/mol. The Bertz CT molecular complexity index is 785. The van der Waals surface area contributed by atoms with Gasteiger partial charge in [-0.15, -0.1) is 0 Å². The van der Waals surface area contributed by atoms with Crippen LogP contribution in [0.25, 0.3) is 0 Å². The number of carbonyl (C=O) groups excluding carboxylic acids is 1. The van der Waals surface area contributed by atoms with Crippen LogP contribution < -0.4 is 10.1 Å². The third-order valence-electron chi connectivity index (χ3n) is 4.63. The van der Waals surface area contributed by atoms with Crippen molar-refractivity contribution in [3.63, 3.8) is 0 Å². The van der Waals surface area contributed by atoms with Crippen molar-refractivity contribution in [2.45, 2.75) is 32.4 Å². The van der Waals surface area contributed by atoms with Gasteiger partial charge < -0.3 is 15.0 Å². The van der Waals surface area contributed by atoms with Gasteiger partial charge >= 0.3 is 0 Å². The van der Waals surface area contributed by atoms with Crippen LogP contribution in [0.5, 0.6) is 5.75 Å². The molecule has 2 aromatic carbocycles. The summed E-state index contributed by atoms with van der Waals surface area (Å²) in [6, 6.07) is 12.0. The normalized spacial score (nSPS) is 14.0. The predicted octanol–water partition coefficient (Wildman–Crippen LogP) is 4.16. The van der Waals surface area contributed by atoms with Gasteiger partial charge in [-0.3, -0.25) is 4.79 Å². The number of nitrogens with one attached hydrogen (secondary N) is 1. The SMILES string of the molecule is O=C1CCCN1CCCNCc1cc(Cl)ccc1OCc1ccccc1F. The molecule has 1 aliphatic rings. The zero-order chi connectivity index (χ0) is 19.1. The van der Waals surface area contributed by atoms with E-state index < -0.39 is 0 Å². The standard InChI is InChI=1S/C21H24ClFN2O2/c22-18-8-9-20(27-15-16-5-1-2-6-19(16)23)17(13-18)14-24-10-4-12-25-11-3-7-21(25)26/h1-2,5-6,8-9,13,24H,3-4,7,10-12,14-15H2. The summed E-state index contributed by atoms with van der Waals surface area (Å²) in [5.74, 6) is 0.668. The van der Waals surface area contributed by atoms with Crippen LogP contribution in [0.2, 0.25) is 5.02 Å². The molecule has 0 bridgehead atoms. The first-order valence-corrected chi connectivity index (χ1v) is 9.64. The largest absolute Gasteiger partial charge is 0.488 e. The Balaban J connectivity index is 1.49. The number of halogens is 2. The highest BCUT2D eigenvalue weighted by Gasteiger charge is 2.18. The van der Waals surface area contributed by atoms with Crippen molar-refractivity contribution in [2.75, 3.05) is 19.6 Å². The molecule has 144 valence electrons. The van der Waals surface area contributed by atoms with E-state index in [9.17, 15) is 9.18 Å². The Kier molecular flexibility index (Phi) is 7.07. The third-order valence-corrected chi connectivity index (χ3v) is 4.87. The van der Waals surface area contributed by atoms with E-state index in [1.807, 2.05) is 17.0 Å². The van der Waals surface area contributed by atoms with Gasteiger partial charge in [0, 0.05) is 42.2 Å². The summed E-state index contributed by atoms with van der Waals surface area (Å²) in [5, 5.41) is 4.00. The topological polar surface area (TPSA) is 41.6 Å². The lowest BCUT2D eigenvalue weighted by Gasteiger charge is -2.16. The molecule has 0 spiro atoms. The first-order chi connectivity index (χ1) is 13.1. The average molecular weight is 391 g/mol. The molecule has 0 unspecified atom stereocenters. The molecule has 0 aliphatic carbocycles. The van der Waals surface area contributed by atoms with Crippen LogP contribution in [0, 0.1) is 5.82 Å². The maximum Gasteiger partial charge on any atom is 0.222 e. The Morgan fingerprint density at radius 3 is 2.81 bits per heavy atom. The molecule has 1 heterocycles. The van der Waals surface area contributed by atoms with Crippen LogP contribution in [-0.2, 0) is 17.9 Å². The van der Waals surface area contributed by atoms with Gasteiger partial charge in [0.05, 0.1) is 0 Å². The van der Waals surface area contributed by atoms with E-state index in [0.717, 1.165) is 38.0 Å². The Morgan fingerprint density at radius 2 is 2.04 bits per heavy atom. The summed E-state index contributed by atoms with van der Waals surface area (Å²) >= 11 is 6.11. The van der Waals surface area contributed by atoms with Crippen LogP contribution in [0.3, 0.4) is 0 Å². The van der Waals surface area contributed by atoms with E-state index in [-0.39, 0.29) is 18.3 Å². The fourth-order valence-corrected chi connectivity index (χ4v) is 3.35. The molecule has 1 saturated heterocycles. The molecule has 6 heteroatoms. The van der Waals surface area contributed by atoms with Gasteiger partial charge in [0.1, 0.15) is 18.2 Å². The lowest BCUT2D eigenvalue weighted by Crippen LogP contribution is -2.28. The number of nitrogens with zero attached hydrogens (tertiary/aromatic N) is 1. The molecular weight excluding hydrogens is 367 g/mol. The van der Waals surface area contributed by atoms with Gasteiger partial charge in [-0.2, -0.15) is 0 Å². The Morgan fingerprint density at radius 1 is 1.19 bits per heavy atom. The zero-order valence-corrected chi connectivity index (χ0v) is 16.0. The van der Waals surface area contributed by atoms with Crippen molar-refractivity contribution in [1.82, 2.24) is 10.2 Å². The number of amides is 1. The fourth-order valence-electron chi connectivity index (χ4n) is 3.16. The van der Waals surface area contributed by atoms with Crippen LogP contribution in [-0.4, -0.2) is 30.4 Å². The minimum Gasteiger partial charge on any atom is -0.488 e. The number of likely N-dealkylation sites (tertiary alicyclic amines) is 1. The molecule has 0 atom stereocenters.